The minimum atomic E-state index is -0.843. The van der Waals surface area contributed by atoms with Crippen LogP contribution in [0.4, 0.5) is 0 Å². The number of hydrogen-bond acceptors (Lipinski definition) is 5. The van der Waals surface area contributed by atoms with Crippen LogP contribution in [-0.4, -0.2) is 36.4 Å². The largest absolute Gasteiger partial charge is 0.451 e. The Bertz CT molecular complexity index is 738. The first-order chi connectivity index (χ1) is 13.4. The molecule has 2 heterocycles. The Balaban J connectivity index is 2.22. The van der Waals surface area contributed by atoms with Gasteiger partial charge in [-0.05, 0) is 39.2 Å². The number of carbonyl (C=O) groups excluding carboxylic acids is 3. The highest BCUT2D eigenvalue weighted by Gasteiger charge is 2.23. The maximum Gasteiger partial charge on any atom is 0.331 e. The Hall–Kier alpha value is -2.53. The second kappa shape index (κ2) is 10.7. The molecule has 0 unspecified atom stereocenters. The molecule has 5 heteroatoms. The van der Waals surface area contributed by atoms with Gasteiger partial charge < -0.3 is 9.47 Å². The van der Waals surface area contributed by atoms with Crippen LogP contribution in [0.5, 0.6) is 0 Å². The van der Waals surface area contributed by atoms with Gasteiger partial charge in [0.15, 0.2) is 18.2 Å². The summed E-state index contributed by atoms with van der Waals surface area (Å²) in [4.78, 5) is 35.3. The lowest BCUT2D eigenvalue weighted by atomic mass is 9.95. The van der Waals surface area contributed by atoms with Crippen molar-refractivity contribution in [2.45, 2.75) is 64.3 Å². The highest BCUT2D eigenvalue weighted by atomic mass is 16.5. The van der Waals surface area contributed by atoms with Crippen molar-refractivity contribution in [2.24, 2.45) is 0 Å². The topological polar surface area (TPSA) is 69.7 Å². The zero-order chi connectivity index (χ0) is 20.5. The van der Waals surface area contributed by atoms with Crippen LogP contribution in [0.15, 0.2) is 59.8 Å². The first kappa shape index (κ1) is 21.8. The van der Waals surface area contributed by atoms with Gasteiger partial charge in [0.25, 0.3) is 0 Å². The lowest BCUT2D eigenvalue weighted by Crippen LogP contribution is -2.27. The monoisotopic (exact) mass is 384 g/mol. The van der Waals surface area contributed by atoms with Crippen LogP contribution in [0.25, 0.3) is 0 Å². The minimum absolute atomic E-state index is 0.00575. The van der Waals surface area contributed by atoms with Crippen LogP contribution in [0, 0.1) is 0 Å². The summed E-state index contributed by atoms with van der Waals surface area (Å²) in [6.45, 7) is 7.81. The molecule has 0 N–H and O–H groups in total. The molecule has 2 aliphatic heterocycles. The highest BCUT2D eigenvalue weighted by Crippen LogP contribution is 2.27. The molecule has 2 bridgehead atoms. The summed E-state index contributed by atoms with van der Waals surface area (Å²) in [5.41, 5.74) is 2.84. The van der Waals surface area contributed by atoms with Gasteiger partial charge in [-0.2, -0.15) is 0 Å². The molecule has 0 amide bonds. The second-order valence-electron chi connectivity index (χ2n) is 7.44. The number of allylic oxidation sites excluding steroid dienone is 4. The lowest BCUT2D eigenvalue weighted by molar-refractivity contribution is -0.146. The molecule has 2 rings (SSSR count). The van der Waals surface area contributed by atoms with Gasteiger partial charge in [-0.3, -0.25) is 9.59 Å². The Morgan fingerprint density at radius 1 is 1.11 bits per heavy atom. The number of fused-ring (bicyclic) bond motifs is 2. The van der Waals surface area contributed by atoms with E-state index in [1.165, 1.54) is 12.2 Å². The molecule has 1 saturated heterocycles. The molecule has 0 aromatic rings. The fourth-order valence-corrected chi connectivity index (χ4v) is 3.31. The summed E-state index contributed by atoms with van der Waals surface area (Å²) in [5.74, 6) is -0.600. The molecule has 0 radical (unpaired) electrons. The minimum Gasteiger partial charge on any atom is -0.451 e. The van der Waals surface area contributed by atoms with Crippen LogP contribution < -0.4 is 0 Å². The first-order valence-electron chi connectivity index (χ1n) is 9.54. The van der Waals surface area contributed by atoms with Gasteiger partial charge in [-0.1, -0.05) is 47.6 Å². The van der Waals surface area contributed by atoms with Crippen molar-refractivity contribution < 1.29 is 23.9 Å². The molecule has 0 aromatic heterocycles. The number of hydrogen-bond donors (Lipinski definition) is 0. The average Bonchev–Trinajstić information content (AvgIpc) is 2.59. The van der Waals surface area contributed by atoms with Crippen LogP contribution in [-0.2, 0) is 23.9 Å². The fourth-order valence-electron chi connectivity index (χ4n) is 3.31. The van der Waals surface area contributed by atoms with Gasteiger partial charge in [-0.15, -0.1) is 0 Å². The zero-order valence-electron chi connectivity index (χ0n) is 16.6. The summed E-state index contributed by atoms with van der Waals surface area (Å²) in [5, 5.41) is 0. The van der Waals surface area contributed by atoms with Crippen molar-refractivity contribution in [1.29, 1.82) is 0 Å². The van der Waals surface area contributed by atoms with E-state index in [1.54, 1.807) is 12.2 Å². The van der Waals surface area contributed by atoms with Crippen LogP contribution in [0.3, 0.4) is 0 Å². The molecule has 150 valence electrons. The maximum atomic E-state index is 12.1. The normalized spacial score (nSPS) is 33.9. The van der Waals surface area contributed by atoms with E-state index in [0.717, 1.165) is 29.6 Å². The molecule has 0 aliphatic carbocycles. The van der Waals surface area contributed by atoms with E-state index in [2.05, 4.69) is 6.58 Å². The Kier molecular flexibility index (Phi) is 8.33. The number of cyclic esters (lactones) is 1. The molecular formula is C23H28O5. The van der Waals surface area contributed by atoms with Gasteiger partial charge in [-0.25, -0.2) is 4.79 Å². The summed E-state index contributed by atoms with van der Waals surface area (Å²) in [6.07, 6.45) is 12.2. The van der Waals surface area contributed by atoms with Gasteiger partial charge in [0.1, 0.15) is 0 Å². The van der Waals surface area contributed by atoms with Gasteiger partial charge >= 0.3 is 5.97 Å². The van der Waals surface area contributed by atoms with Gasteiger partial charge in [0, 0.05) is 18.9 Å². The van der Waals surface area contributed by atoms with Gasteiger partial charge in [0.05, 0.1) is 12.2 Å². The molecule has 0 spiro atoms. The molecule has 3 atom stereocenters. The third-order valence-electron chi connectivity index (χ3n) is 4.56. The Morgan fingerprint density at radius 2 is 1.89 bits per heavy atom. The molecule has 0 aromatic carbocycles. The van der Waals surface area contributed by atoms with E-state index in [9.17, 15) is 14.4 Å². The molecule has 1 fully saturated rings. The van der Waals surface area contributed by atoms with Crippen LogP contribution in [0.2, 0.25) is 0 Å². The predicted octanol–water partition coefficient (Wildman–Crippen LogP) is 3.96. The second-order valence-corrected chi connectivity index (χ2v) is 7.44. The predicted molar refractivity (Wildman–Crippen MR) is 108 cm³/mol. The summed E-state index contributed by atoms with van der Waals surface area (Å²) in [7, 11) is 0. The van der Waals surface area contributed by atoms with Crippen molar-refractivity contribution in [3.8, 4) is 0 Å². The Morgan fingerprint density at radius 3 is 2.64 bits per heavy atom. The number of aldehydes is 1. The van der Waals surface area contributed by atoms with Crippen LogP contribution >= 0.6 is 0 Å². The number of ether oxygens (including phenoxy) is 2. The molecule has 2 aliphatic rings. The average molecular weight is 384 g/mol. The van der Waals surface area contributed by atoms with E-state index >= 15 is 0 Å². The van der Waals surface area contributed by atoms with E-state index in [4.69, 9.17) is 9.47 Å². The van der Waals surface area contributed by atoms with Crippen molar-refractivity contribution in [3.05, 3.63) is 59.8 Å². The van der Waals surface area contributed by atoms with Crippen molar-refractivity contribution >= 4 is 18.0 Å². The number of ketones is 1. The summed E-state index contributed by atoms with van der Waals surface area (Å²) < 4.78 is 11.3. The molecular weight excluding hydrogens is 356 g/mol. The summed E-state index contributed by atoms with van der Waals surface area (Å²) >= 11 is 0. The number of esters is 1. The van der Waals surface area contributed by atoms with E-state index in [-0.39, 0.29) is 24.4 Å². The first-order valence-corrected chi connectivity index (χ1v) is 9.54. The van der Waals surface area contributed by atoms with E-state index < -0.39 is 12.1 Å². The lowest BCUT2D eigenvalue weighted by Gasteiger charge is -2.30. The fraction of sp³-hybridized carbons (Fsp3) is 0.435. The smallest absolute Gasteiger partial charge is 0.331 e. The zero-order valence-corrected chi connectivity index (χ0v) is 16.6. The quantitative estimate of drug-likeness (QED) is 0.389. The Labute approximate surface area is 166 Å². The van der Waals surface area contributed by atoms with E-state index in [0.29, 0.717) is 19.1 Å². The van der Waals surface area contributed by atoms with Crippen LogP contribution in [0.1, 0.15) is 46.0 Å². The third kappa shape index (κ3) is 7.61. The third-order valence-corrected chi connectivity index (χ3v) is 4.56. The molecule has 5 nitrogen and oxygen atoms in total. The van der Waals surface area contributed by atoms with E-state index in [1.807, 2.05) is 26.0 Å². The van der Waals surface area contributed by atoms with Crippen molar-refractivity contribution in [1.82, 2.24) is 0 Å². The van der Waals surface area contributed by atoms with Gasteiger partial charge in [0.2, 0.25) is 0 Å². The van der Waals surface area contributed by atoms with Crippen molar-refractivity contribution in [2.75, 3.05) is 0 Å². The summed E-state index contributed by atoms with van der Waals surface area (Å²) in [6, 6.07) is 0. The maximum absolute atomic E-state index is 12.1. The van der Waals surface area contributed by atoms with Crippen molar-refractivity contribution in [3.63, 3.8) is 0 Å². The standard InChI is InChI=1S/C23H28O5/c1-16-6-4-9-23(26)28-22(15-24)14-18(3)13-21-12-17(2)11-20(27-21)8-5-7-19(25)10-16/h4-7,9,13,15,20-22H,2,8,10-12,14H2,1,3H3/b7-5-,9-4-,16-6-,18-13-/t20-,21-,22-/m1/s1. The SMILES string of the molecule is C=C1C[C@H]2C/C=C\C(=O)C/C(C)=C\C=C/C(=O)O[C@@H](C=O)C/C(C)=C\[C@@H](C1)O2. The number of rotatable bonds is 1. The number of carbonyl (C=O) groups is 3. The molecule has 0 saturated carbocycles. The highest BCUT2D eigenvalue weighted by molar-refractivity contribution is 5.91. The molecule has 28 heavy (non-hydrogen) atoms.